The molecule has 2 aromatic heterocycles. The third-order valence-corrected chi connectivity index (χ3v) is 3.77. The first-order valence-corrected chi connectivity index (χ1v) is 7.72. The zero-order valence-electron chi connectivity index (χ0n) is 13.7. The third-order valence-electron chi connectivity index (χ3n) is 3.77. The summed E-state index contributed by atoms with van der Waals surface area (Å²) in [6, 6.07) is 6.34. The van der Waals surface area contributed by atoms with Gasteiger partial charge in [0.15, 0.2) is 0 Å². The highest BCUT2D eigenvalue weighted by Gasteiger charge is 2.30. The maximum atomic E-state index is 12.8. The minimum absolute atomic E-state index is 0.00342. The smallest absolute Gasteiger partial charge is 0.384 e. The number of carbonyl (C=O) groups excluding carboxylic acids is 1. The molecule has 9 heteroatoms. The molecule has 0 aliphatic carbocycles. The van der Waals surface area contributed by atoms with Crippen molar-refractivity contribution in [3.63, 3.8) is 0 Å². The molecule has 1 aromatic carbocycles. The summed E-state index contributed by atoms with van der Waals surface area (Å²) in [5, 5.41) is 11.8. The summed E-state index contributed by atoms with van der Waals surface area (Å²) in [5.41, 5.74) is 0.696. The number of aromatic nitrogens is 3. The molecule has 136 valence electrons. The highest BCUT2D eigenvalue weighted by Crippen LogP contribution is 2.32. The molecule has 3 rings (SSSR count). The third kappa shape index (κ3) is 3.52. The molecule has 3 aromatic rings. The molecule has 26 heavy (non-hydrogen) atoms. The Morgan fingerprint density at radius 1 is 1.31 bits per heavy atom. The Morgan fingerprint density at radius 3 is 2.62 bits per heavy atom. The van der Waals surface area contributed by atoms with Crippen LogP contribution in [0.2, 0.25) is 0 Å². The zero-order valence-corrected chi connectivity index (χ0v) is 13.7. The number of alkyl halides is 3. The van der Waals surface area contributed by atoms with Crippen molar-refractivity contribution in [3.05, 3.63) is 54.0 Å². The maximum absolute atomic E-state index is 12.8. The Bertz CT molecular complexity index is 933. The number of carbonyl (C=O) groups is 1. The molecule has 0 aliphatic rings. The van der Waals surface area contributed by atoms with E-state index in [1.165, 1.54) is 25.3 Å². The van der Waals surface area contributed by atoms with E-state index < -0.39 is 23.8 Å². The van der Waals surface area contributed by atoms with E-state index in [1.807, 2.05) is 0 Å². The summed E-state index contributed by atoms with van der Waals surface area (Å²) in [4.78, 5) is 20.0. The molecule has 0 fully saturated rings. The largest absolute Gasteiger partial charge is 0.416 e. The molecule has 0 saturated heterocycles. The van der Waals surface area contributed by atoms with Crippen LogP contribution < -0.4 is 5.32 Å². The Hall–Kier alpha value is -2.94. The van der Waals surface area contributed by atoms with Crippen LogP contribution in [0, 0.1) is 0 Å². The summed E-state index contributed by atoms with van der Waals surface area (Å²) in [5.74, 6) is -0.225. The number of nitrogens with one attached hydrogen (secondary N) is 1. The summed E-state index contributed by atoms with van der Waals surface area (Å²) >= 11 is 0. The lowest BCUT2D eigenvalue weighted by molar-refractivity contribution is -0.137. The van der Waals surface area contributed by atoms with Crippen molar-refractivity contribution in [3.8, 4) is 11.3 Å². The molecule has 0 unspecified atom stereocenters. The van der Waals surface area contributed by atoms with Crippen molar-refractivity contribution in [2.45, 2.75) is 25.7 Å². The number of fused-ring (bicyclic) bond motifs is 1. The van der Waals surface area contributed by atoms with Crippen molar-refractivity contribution >= 4 is 11.7 Å². The monoisotopic (exact) mass is 364 g/mol. The van der Waals surface area contributed by atoms with Crippen LogP contribution in [0.15, 0.2) is 42.7 Å². The molecule has 0 saturated carbocycles. The van der Waals surface area contributed by atoms with Gasteiger partial charge in [-0.1, -0.05) is 12.1 Å². The first-order valence-electron chi connectivity index (χ1n) is 7.72. The number of aliphatic hydroxyl groups is 1. The highest BCUT2D eigenvalue weighted by atomic mass is 19.4. The fourth-order valence-corrected chi connectivity index (χ4v) is 2.50. The second-order valence-corrected chi connectivity index (χ2v) is 5.67. The zero-order chi connectivity index (χ0) is 18.9. The molecule has 0 aliphatic heterocycles. The average molecular weight is 364 g/mol. The average Bonchev–Trinajstić information content (AvgIpc) is 2.97. The molecular weight excluding hydrogens is 349 g/mol. The van der Waals surface area contributed by atoms with Crippen LogP contribution in [-0.4, -0.2) is 31.5 Å². The number of aliphatic hydroxyl groups excluding tert-OH is 1. The Kier molecular flexibility index (Phi) is 4.64. The number of amides is 1. The van der Waals surface area contributed by atoms with Crippen molar-refractivity contribution < 1.29 is 23.1 Å². The van der Waals surface area contributed by atoms with Gasteiger partial charge >= 0.3 is 6.18 Å². The highest BCUT2D eigenvalue weighted by molar-refractivity contribution is 5.80. The normalized spacial score (nSPS) is 13.0. The van der Waals surface area contributed by atoms with Crippen LogP contribution in [0.25, 0.3) is 17.0 Å². The van der Waals surface area contributed by atoms with Crippen LogP contribution in [0.3, 0.4) is 0 Å². The van der Waals surface area contributed by atoms with E-state index in [0.29, 0.717) is 22.7 Å². The van der Waals surface area contributed by atoms with Gasteiger partial charge in [0.2, 0.25) is 11.7 Å². The van der Waals surface area contributed by atoms with Crippen molar-refractivity contribution in [2.24, 2.45) is 0 Å². The van der Waals surface area contributed by atoms with E-state index in [1.54, 1.807) is 16.7 Å². The lowest BCUT2D eigenvalue weighted by Crippen LogP contribution is -2.32. The quantitative estimate of drug-likeness (QED) is 0.745. The Labute approximate surface area is 146 Å². The van der Waals surface area contributed by atoms with E-state index in [9.17, 15) is 23.1 Å². The lowest BCUT2D eigenvalue weighted by atomic mass is 10.1. The van der Waals surface area contributed by atoms with Crippen LogP contribution in [-0.2, 0) is 17.5 Å². The Morgan fingerprint density at radius 2 is 2.00 bits per heavy atom. The number of halogens is 3. The number of nitrogens with zero attached hydrogens (tertiary/aromatic N) is 3. The molecule has 1 amide bonds. The van der Waals surface area contributed by atoms with E-state index in [0.717, 1.165) is 12.1 Å². The topological polar surface area (TPSA) is 79.5 Å². The van der Waals surface area contributed by atoms with Gasteiger partial charge < -0.3 is 10.4 Å². The molecular formula is C17H15F3N4O2. The van der Waals surface area contributed by atoms with Crippen molar-refractivity contribution in [1.82, 2.24) is 19.7 Å². The molecule has 2 heterocycles. The lowest BCUT2D eigenvalue weighted by Gasteiger charge is -2.10. The fraction of sp³-hybridized carbons (Fsp3) is 0.235. The van der Waals surface area contributed by atoms with Crippen LogP contribution in [0.1, 0.15) is 18.2 Å². The van der Waals surface area contributed by atoms with Crippen LogP contribution in [0.5, 0.6) is 0 Å². The summed E-state index contributed by atoms with van der Waals surface area (Å²) in [6.45, 7) is 1.33. The second-order valence-electron chi connectivity index (χ2n) is 5.67. The van der Waals surface area contributed by atoms with E-state index in [4.69, 9.17) is 0 Å². The van der Waals surface area contributed by atoms with Gasteiger partial charge in [-0.3, -0.25) is 9.20 Å². The van der Waals surface area contributed by atoms with Gasteiger partial charge in [0.25, 0.3) is 0 Å². The van der Waals surface area contributed by atoms with Gasteiger partial charge in [0, 0.05) is 18.0 Å². The predicted molar refractivity (Wildman–Crippen MR) is 87.0 cm³/mol. The van der Waals surface area contributed by atoms with E-state index in [-0.39, 0.29) is 6.54 Å². The van der Waals surface area contributed by atoms with Gasteiger partial charge in [-0.2, -0.15) is 13.2 Å². The van der Waals surface area contributed by atoms with E-state index >= 15 is 0 Å². The number of hydrogen-bond acceptors (Lipinski definition) is 4. The van der Waals surface area contributed by atoms with Crippen molar-refractivity contribution in [1.29, 1.82) is 0 Å². The Balaban J connectivity index is 2.03. The SMILES string of the molecule is C[C@H](O)C(=O)NCc1nc2ncccn2c1-c1ccc(C(F)(F)F)cc1. The van der Waals surface area contributed by atoms with Crippen LogP contribution in [0.4, 0.5) is 13.2 Å². The standard InChI is InChI=1S/C17H15F3N4O2/c1-10(25)15(26)22-9-13-14(24-8-2-7-21-16(24)23-13)11-3-5-12(6-4-11)17(18,19)20/h2-8,10,25H,9H2,1H3,(H,22,26)/t10-/m0/s1. The van der Waals surface area contributed by atoms with Gasteiger partial charge in [0.05, 0.1) is 23.5 Å². The second kappa shape index (κ2) is 6.75. The maximum Gasteiger partial charge on any atom is 0.416 e. The molecule has 6 nitrogen and oxygen atoms in total. The molecule has 2 N–H and O–H groups in total. The fourth-order valence-electron chi connectivity index (χ4n) is 2.50. The van der Waals surface area contributed by atoms with Gasteiger partial charge in [-0.25, -0.2) is 9.97 Å². The minimum Gasteiger partial charge on any atom is -0.384 e. The van der Waals surface area contributed by atoms with E-state index in [2.05, 4.69) is 15.3 Å². The number of benzene rings is 1. The summed E-state index contributed by atoms with van der Waals surface area (Å²) in [6.07, 6.45) is -2.38. The first kappa shape index (κ1) is 17.9. The van der Waals surface area contributed by atoms with Gasteiger partial charge in [-0.05, 0) is 25.1 Å². The number of imidazole rings is 1. The predicted octanol–water partition coefficient (Wildman–Crippen LogP) is 2.41. The molecule has 0 radical (unpaired) electrons. The summed E-state index contributed by atoms with van der Waals surface area (Å²) in [7, 11) is 0. The number of hydrogen-bond donors (Lipinski definition) is 2. The van der Waals surface area contributed by atoms with Crippen molar-refractivity contribution in [2.75, 3.05) is 0 Å². The summed E-state index contributed by atoms with van der Waals surface area (Å²) < 4.78 is 40.0. The molecule has 0 spiro atoms. The molecule has 0 bridgehead atoms. The number of rotatable bonds is 4. The van der Waals surface area contributed by atoms with Gasteiger partial charge in [-0.15, -0.1) is 0 Å². The minimum atomic E-state index is -4.42. The van der Waals surface area contributed by atoms with Gasteiger partial charge in [0.1, 0.15) is 6.10 Å². The molecule has 1 atom stereocenters. The van der Waals surface area contributed by atoms with Crippen LogP contribution >= 0.6 is 0 Å². The first-order chi connectivity index (χ1) is 12.3.